The zero-order valence-corrected chi connectivity index (χ0v) is 17.4. The number of hydrogen-bond donors (Lipinski definition) is 2. The number of rotatable bonds is 5. The molecule has 0 saturated heterocycles. The molecule has 5 heteroatoms. The molecule has 0 saturated carbocycles. The van der Waals surface area contributed by atoms with Crippen molar-refractivity contribution >= 4 is 11.6 Å². The van der Waals surface area contributed by atoms with E-state index in [1.165, 1.54) is 22.4 Å². The molecule has 0 radical (unpaired) electrons. The number of anilines is 1. The minimum absolute atomic E-state index is 0.0318. The summed E-state index contributed by atoms with van der Waals surface area (Å²) in [6, 6.07) is 19.0. The molecule has 2 aromatic carbocycles. The second-order valence-corrected chi connectivity index (χ2v) is 8.01. The molecule has 3 aromatic rings. The van der Waals surface area contributed by atoms with E-state index in [4.69, 9.17) is 0 Å². The SMILES string of the molecule is Cc1nn(-c2ccccc2)c(C)c1NC(=O)C[NH+](C)[C@@H]1CCCc2ccccc21. The first-order valence-electron chi connectivity index (χ1n) is 10.4. The van der Waals surface area contributed by atoms with Gasteiger partial charge < -0.3 is 10.2 Å². The number of nitrogens with zero attached hydrogens (tertiary/aromatic N) is 2. The average Bonchev–Trinajstić information content (AvgIpc) is 3.02. The predicted molar refractivity (Wildman–Crippen MR) is 116 cm³/mol. The van der Waals surface area contributed by atoms with E-state index in [1.807, 2.05) is 48.9 Å². The minimum Gasteiger partial charge on any atom is -0.323 e. The van der Waals surface area contributed by atoms with E-state index in [9.17, 15) is 4.79 Å². The molecule has 1 aromatic heterocycles. The van der Waals surface area contributed by atoms with Crippen LogP contribution in [0.3, 0.4) is 0 Å². The maximum atomic E-state index is 12.9. The molecule has 2 N–H and O–H groups in total. The second kappa shape index (κ2) is 8.21. The smallest absolute Gasteiger partial charge is 0.279 e. The van der Waals surface area contributed by atoms with Gasteiger partial charge in [0, 0.05) is 12.0 Å². The van der Waals surface area contributed by atoms with E-state index in [0.29, 0.717) is 12.6 Å². The first kappa shape index (κ1) is 19.4. The number of para-hydroxylation sites is 1. The molecule has 150 valence electrons. The molecule has 1 unspecified atom stereocenters. The van der Waals surface area contributed by atoms with Crippen molar-refractivity contribution in [2.45, 2.75) is 39.2 Å². The number of fused-ring (bicyclic) bond motifs is 1. The Morgan fingerprint density at radius 3 is 2.66 bits per heavy atom. The molecule has 0 bridgehead atoms. The maximum Gasteiger partial charge on any atom is 0.279 e. The first-order valence-corrected chi connectivity index (χ1v) is 10.4. The first-order chi connectivity index (χ1) is 14.0. The lowest BCUT2D eigenvalue weighted by Crippen LogP contribution is -3.10. The van der Waals surface area contributed by atoms with Gasteiger partial charge in [0.2, 0.25) is 0 Å². The number of benzene rings is 2. The van der Waals surface area contributed by atoms with Crippen molar-refractivity contribution in [1.29, 1.82) is 0 Å². The van der Waals surface area contributed by atoms with Crippen molar-refractivity contribution in [3.05, 3.63) is 77.1 Å². The summed E-state index contributed by atoms with van der Waals surface area (Å²) >= 11 is 0. The van der Waals surface area contributed by atoms with Crippen LogP contribution in [0.15, 0.2) is 54.6 Å². The molecular formula is C24H29N4O+. The van der Waals surface area contributed by atoms with Gasteiger partial charge in [-0.05, 0) is 44.4 Å². The van der Waals surface area contributed by atoms with Gasteiger partial charge in [-0.1, -0.05) is 42.5 Å². The summed E-state index contributed by atoms with van der Waals surface area (Å²) in [4.78, 5) is 14.1. The standard InChI is InChI=1S/C24H28N4O/c1-17-24(18(2)28(26-17)20-12-5-4-6-13-20)25-23(29)16-27(3)22-15-9-11-19-10-7-8-14-21(19)22/h4-8,10,12-14,22H,9,11,15-16H2,1-3H3,(H,25,29)/p+1/t22-/m1/s1. The summed E-state index contributed by atoms with van der Waals surface area (Å²) in [6.45, 7) is 4.38. The lowest BCUT2D eigenvalue weighted by atomic mass is 9.87. The van der Waals surface area contributed by atoms with Crippen molar-refractivity contribution in [1.82, 2.24) is 9.78 Å². The zero-order chi connectivity index (χ0) is 20.4. The molecule has 1 aliphatic carbocycles. The molecule has 1 amide bonds. The summed E-state index contributed by atoms with van der Waals surface area (Å²) in [6.07, 6.45) is 3.45. The number of nitrogens with one attached hydrogen (secondary N) is 2. The van der Waals surface area contributed by atoms with Gasteiger partial charge in [0.15, 0.2) is 6.54 Å². The van der Waals surface area contributed by atoms with E-state index in [0.717, 1.165) is 35.6 Å². The predicted octanol–water partition coefficient (Wildman–Crippen LogP) is 3.02. The van der Waals surface area contributed by atoms with Crippen molar-refractivity contribution in [2.75, 3.05) is 18.9 Å². The fraction of sp³-hybridized carbons (Fsp3) is 0.333. The van der Waals surface area contributed by atoms with Crippen LogP contribution in [0.25, 0.3) is 5.69 Å². The molecule has 5 nitrogen and oxygen atoms in total. The van der Waals surface area contributed by atoms with Crippen LogP contribution in [0.1, 0.15) is 41.4 Å². The molecule has 0 fully saturated rings. The van der Waals surface area contributed by atoms with Gasteiger partial charge in [-0.2, -0.15) is 5.10 Å². The van der Waals surface area contributed by atoms with Crippen LogP contribution in [0.2, 0.25) is 0 Å². The largest absolute Gasteiger partial charge is 0.323 e. The third-order valence-corrected chi connectivity index (χ3v) is 5.96. The Morgan fingerprint density at radius 2 is 1.86 bits per heavy atom. The Kier molecular flexibility index (Phi) is 5.49. The third kappa shape index (κ3) is 3.96. The summed E-state index contributed by atoms with van der Waals surface area (Å²) in [5.74, 6) is 0.0318. The second-order valence-electron chi connectivity index (χ2n) is 8.01. The van der Waals surface area contributed by atoms with Crippen LogP contribution >= 0.6 is 0 Å². The van der Waals surface area contributed by atoms with E-state index < -0.39 is 0 Å². The topological polar surface area (TPSA) is 51.4 Å². The molecule has 0 spiro atoms. The molecule has 4 rings (SSSR count). The quantitative estimate of drug-likeness (QED) is 0.705. The maximum absolute atomic E-state index is 12.9. The van der Waals surface area contributed by atoms with Crippen LogP contribution in [0, 0.1) is 13.8 Å². The van der Waals surface area contributed by atoms with Crippen LogP contribution in [-0.4, -0.2) is 29.3 Å². The minimum atomic E-state index is 0.0318. The van der Waals surface area contributed by atoms with E-state index in [-0.39, 0.29) is 5.91 Å². The number of aryl methyl sites for hydroxylation is 2. The molecule has 1 heterocycles. The van der Waals surface area contributed by atoms with E-state index in [1.54, 1.807) is 0 Å². The van der Waals surface area contributed by atoms with Gasteiger partial charge in [0.1, 0.15) is 6.04 Å². The Labute approximate surface area is 172 Å². The summed E-state index contributed by atoms with van der Waals surface area (Å²) in [5, 5.41) is 7.75. The average molecular weight is 390 g/mol. The number of amides is 1. The summed E-state index contributed by atoms with van der Waals surface area (Å²) in [5.41, 5.74) is 6.42. The third-order valence-electron chi connectivity index (χ3n) is 5.96. The summed E-state index contributed by atoms with van der Waals surface area (Å²) < 4.78 is 1.89. The van der Waals surface area contributed by atoms with Crippen LogP contribution in [0.4, 0.5) is 5.69 Å². The molecule has 2 atom stereocenters. The van der Waals surface area contributed by atoms with Crippen LogP contribution < -0.4 is 10.2 Å². The molecular weight excluding hydrogens is 360 g/mol. The Bertz CT molecular complexity index is 1010. The van der Waals surface area contributed by atoms with Gasteiger partial charge >= 0.3 is 0 Å². The van der Waals surface area contributed by atoms with Crippen molar-refractivity contribution in [2.24, 2.45) is 0 Å². The van der Waals surface area contributed by atoms with Gasteiger partial charge in [0.05, 0.1) is 29.8 Å². The van der Waals surface area contributed by atoms with E-state index >= 15 is 0 Å². The van der Waals surface area contributed by atoms with Gasteiger partial charge in [-0.3, -0.25) is 4.79 Å². The van der Waals surface area contributed by atoms with Crippen molar-refractivity contribution < 1.29 is 9.69 Å². The van der Waals surface area contributed by atoms with Gasteiger partial charge in [-0.15, -0.1) is 0 Å². The lowest BCUT2D eigenvalue weighted by Gasteiger charge is -2.30. The van der Waals surface area contributed by atoms with Gasteiger partial charge in [-0.25, -0.2) is 4.68 Å². The van der Waals surface area contributed by atoms with Crippen molar-refractivity contribution in [3.8, 4) is 5.69 Å². The highest BCUT2D eigenvalue weighted by molar-refractivity contribution is 5.92. The number of aromatic nitrogens is 2. The lowest BCUT2D eigenvalue weighted by molar-refractivity contribution is -0.905. The number of quaternary nitrogens is 1. The normalized spacial score (nSPS) is 16.9. The number of carbonyl (C=O) groups is 1. The highest BCUT2D eigenvalue weighted by atomic mass is 16.2. The summed E-state index contributed by atoms with van der Waals surface area (Å²) in [7, 11) is 2.12. The molecule has 0 aliphatic heterocycles. The number of likely N-dealkylation sites (N-methyl/N-ethyl adjacent to an activating group) is 1. The number of hydrogen-bond acceptors (Lipinski definition) is 2. The molecule has 29 heavy (non-hydrogen) atoms. The van der Waals surface area contributed by atoms with E-state index in [2.05, 4.69) is 41.7 Å². The fourth-order valence-electron chi connectivity index (χ4n) is 4.47. The monoisotopic (exact) mass is 389 g/mol. The number of carbonyl (C=O) groups excluding carboxylic acids is 1. The van der Waals surface area contributed by atoms with Crippen molar-refractivity contribution in [3.63, 3.8) is 0 Å². The Hall–Kier alpha value is -2.92. The molecule has 1 aliphatic rings. The fourth-order valence-corrected chi connectivity index (χ4v) is 4.47. The highest BCUT2D eigenvalue weighted by Gasteiger charge is 2.28. The van der Waals surface area contributed by atoms with Crippen LogP contribution in [-0.2, 0) is 11.2 Å². The zero-order valence-electron chi connectivity index (χ0n) is 17.4. The van der Waals surface area contributed by atoms with Crippen LogP contribution in [0.5, 0.6) is 0 Å². The Balaban J connectivity index is 1.48. The van der Waals surface area contributed by atoms with Gasteiger partial charge in [0.25, 0.3) is 5.91 Å². The highest BCUT2D eigenvalue weighted by Crippen LogP contribution is 2.27. The Morgan fingerprint density at radius 1 is 1.14 bits per heavy atom.